The van der Waals surface area contributed by atoms with Gasteiger partial charge in [-0.25, -0.2) is 4.39 Å². The van der Waals surface area contributed by atoms with E-state index in [0.29, 0.717) is 54.3 Å². The van der Waals surface area contributed by atoms with Crippen molar-refractivity contribution < 1.29 is 18.7 Å². The number of likely N-dealkylation sites (tertiary alicyclic amines) is 2. The third-order valence-electron chi connectivity index (χ3n) is 7.54. The summed E-state index contributed by atoms with van der Waals surface area (Å²) in [6.45, 7) is 12.8. The Morgan fingerprint density at radius 3 is 2.49 bits per heavy atom. The molecule has 1 aromatic carbocycles. The summed E-state index contributed by atoms with van der Waals surface area (Å²) in [5.41, 5.74) is 5.82. The smallest absolute Gasteiger partial charge is 0.257 e. The van der Waals surface area contributed by atoms with E-state index in [1.54, 1.807) is 25.3 Å². The van der Waals surface area contributed by atoms with Crippen LogP contribution in [0.2, 0.25) is 0 Å². The molecular weight excluding hydrogens is 471 g/mol. The molecule has 4 rings (SSSR count). The van der Waals surface area contributed by atoms with Crippen molar-refractivity contribution in [3.8, 4) is 17.0 Å². The number of carbonyl (C=O) groups is 2. The summed E-state index contributed by atoms with van der Waals surface area (Å²) in [4.78, 5) is 33.3. The lowest BCUT2D eigenvalue weighted by Gasteiger charge is -2.35. The number of hydrogen-bond donors (Lipinski definition) is 1. The van der Waals surface area contributed by atoms with Crippen LogP contribution in [0.4, 0.5) is 4.39 Å². The normalized spacial score (nSPS) is 21.3. The summed E-state index contributed by atoms with van der Waals surface area (Å²) in [6.07, 6.45) is 5.04. The van der Waals surface area contributed by atoms with Crippen molar-refractivity contribution in [2.75, 3.05) is 32.8 Å². The highest BCUT2D eigenvalue weighted by Gasteiger charge is 2.45. The van der Waals surface area contributed by atoms with Gasteiger partial charge in [0.05, 0.1) is 24.1 Å². The number of pyridine rings is 1. The summed E-state index contributed by atoms with van der Waals surface area (Å²) in [6, 6.07) is 8.06. The molecule has 2 aromatic rings. The fourth-order valence-corrected chi connectivity index (χ4v) is 5.37. The molecule has 2 aliphatic rings. The first-order valence-electron chi connectivity index (χ1n) is 13.2. The average molecular weight is 511 g/mol. The minimum Gasteiger partial charge on any atom is -0.492 e. The maximum Gasteiger partial charge on any atom is 0.257 e. The highest BCUT2D eigenvalue weighted by atomic mass is 19.1. The molecule has 200 valence electrons. The number of aromatic nitrogens is 1. The van der Waals surface area contributed by atoms with Gasteiger partial charge in [0, 0.05) is 18.7 Å². The quantitative estimate of drug-likeness (QED) is 0.592. The zero-order chi connectivity index (χ0) is 26.8. The van der Waals surface area contributed by atoms with Crippen LogP contribution in [0.5, 0.6) is 5.75 Å². The molecule has 37 heavy (non-hydrogen) atoms. The van der Waals surface area contributed by atoms with Crippen molar-refractivity contribution >= 4 is 11.8 Å². The van der Waals surface area contributed by atoms with Crippen LogP contribution in [-0.4, -0.2) is 64.9 Å². The Morgan fingerprint density at radius 1 is 1.16 bits per heavy atom. The van der Waals surface area contributed by atoms with Gasteiger partial charge in [-0.05, 0) is 81.3 Å². The maximum atomic E-state index is 15.0. The Kier molecular flexibility index (Phi) is 7.88. The lowest BCUT2D eigenvalue weighted by molar-refractivity contribution is -0.126. The van der Waals surface area contributed by atoms with Gasteiger partial charge in [0.2, 0.25) is 5.91 Å². The van der Waals surface area contributed by atoms with Crippen LogP contribution in [0, 0.1) is 17.2 Å². The number of rotatable bonds is 7. The van der Waals surface area contributed by atoms with Gasteiger partial charge in [0.25, 0.3) is 5.91 Å². The fraction of sp³-hybridized carbons (Fsp3) is 0.552. The molecule has 0 unspecified atom stereocenters. The predicted octanol–water partition coefficient (Wildman–Crippen LogP) is 4.50. The fourth-order valence-electron chi connectivity index (χ4n) is 5.37. The number of halogens is 1. The van der Waals surface area contributed by atoms with Crippen LogP contribution in [0.3, 0.4) is 0 Å². The van der Waals surface area contributed by atoms with Crippen molar-refractivity contribution in [3.63, 3.8) is 0 Å². The second-order valence-electron chi connectivity index (χ2n) is 11.9. The van der Waals surface area contributed by atoms with E-state index >= 15 is 0 Å². The number of benzene rings is 1. The molecule has 3 heterocycles. The number of amides is 2. The van der Waals surface area contributed by atoms with Gasteiger partial charge in [0.15, 0.2) is 0 Å². The third kappa shape index (κ3) is 6.29. The van der Waals surface area contributed by atoms with Gasteiger partial charge < -0.3 is 20.3 Å². The monoisotopic (exact) mass is 510 g/mol. The van der Waals surface area contributed by atoms with Crippen molar-refractivity contribution in [2.45, 2.75) is 58.9 Å². The molecule has 0 saturated carbocycles. The van der Waals surface area contributed by atoms with E-state index < -0.39 is 23.2 Å². The first-order chi connectivity index (χ1) is 17.5. The number of hydrogen-bond acceptors (Lipinski definition) is 5. The molecule has 2 amide bonds. The number of nitrogens with two attached hydrogens (primary N) is 1. The largest absolute Gasteiger partial charge is 0.492 e. The maximum absolute atomic E-state index is 15.0. The second-order valence-corrected chi connectivity index (χ2v) is 11.9. The van der Waals surface area contributed by atoms with Crippen LogP contribution in [0.25, 0.3) is 11.3 Å². The van der Waals surface area contributed by atoms with Crippen LogP contribution in [-0.2, 0) is 4.79 Å². The van der Waals surface area contributed by atoms with Crippen LogP contribution < -0.4 is 10.5 Å². The third-order valence-corrected chi connectivity index (χ3v) is 7.54. The van der Waals surface area contributed by atoms with Gasteiger partial charge in [-0.2, -0.15) is 0 Å². The minimum atomic E-state index is -1.09. The van der Waals surface area contributed by atoms with Gasteiger partial charge in [-0.3, -0.25) is 14.6 Å². The first kappa shape index (κ1) is 27.0. The number of ether oxygens (including phenoxy) is 1. The van der Waals surface area contributed by atoms with E-state index in [1.165, 1.54) is 17.0 Å². The van der Waals surface area contributed by atoms with Gasteiger partial charge >= 0.3 is 0 Å². The molecule has 0 spiro atoms. The Morgan fingerprint density at radius 2 is 1.89 bits per heavy atom. The molecule has 8 heteroatoms. The van der Waals surface area contributed by atoms with E-state index in [4.69, 9.17) is 10.5 Å². The SMILES string of the molecule is CC(C)(C)CN1CCC(COc2ccc(-c3ccc(C(=O)N4CCC[C@@]4(C)C(N)=O)c(F)c3)nc2)CC1. The number of piperidine rings is 1. The second kappa shape index (κ2) is 10.8. The van der Waals surface area contributed by atoms with Crippen LogP contribution in [0.1, 0.15) is 63.7 Å². The first-order valence-corrected chi connectivity index (χ1v) is 13.2. The van der Waals surface area contributed by atoms with Gasteiger partial charge in [0.1, 0.15) is 17.1 Å². The van der Waals surface area contributed by atoms with E-state index in [2.05, 4.69) is 30.7 Å². The van der Waals surface area contributed by atoms with E-state index in [-0.39, 0.29) is 5.56 Å². The molecular formula is C29H39FN4O3. The molecule has 0 radical (unpaired) electrons. The van der Waals surface area contributed by atoms with Crippen molar-refractivity contribution in [1.82, 2.24) is 14.8 Å². The average Bonchev–Trinajstić information content (AvgIpc) is 3.25. The summed E-state index contributed by atoms with van der Waals surface area (Å²) in [7, 11) is 0. The lowest BCUT2D eigenvalue weighted by Crippen LogP contribution is -2.54. The van der Waals surface area contributed by atoms with Gasteiger partial charge in [-0.1, -0.05) is 26.8 Å². The zero-order valence-electron chi connectivity index (χ0n) is 22.4. The molecule has 0 aliphatic carbocycles. The van der Waals surface area contributed by atoms with E-state index in [0.717, 1.165) is 32.5 Å². The highest BCUT2D eigenvalue weighted by molar-refractivity contribution is 5.99. The molecule has 2 aliphatic heterocycles. The van der Waals surface area contributed by atoms with Crippen LogP contribution in [0.15, 0.2) is 36.5 Å². The van der Waals surface area contributed by atoms with Crippen molar-refractivity contribution in [2.24, 2.45) is 17.1 Å². The Hall–Kier alpha value is -3.00. The van der Waals surface area contributed by atoms with E-state index in [9.17, 15) is 14.0 Å². The Bertz CT molecular complexity index is 1120. The summed E-state index contributed by atoms with van der Waals surface area (Å²) >= 11 is 0. The topological polar surface area (TPSA) is 88.8 Å². The highest BCUT2D eigenvalue weighted by Crippen LogP contribution is 2.32. The predicted molar refractivity (Wildman–Crippen MR) is 142 cm³/mol. The minimum absolute atomic E-state index is 0.0772. The Balaban J connectivity index is 1.34. The molecule has 1 aromatic heterocycles. The molecule has 0 bridgehead atoms. The Labute approximate surface area is 219 Å². The molecule has 2 fully saturated rings. The molecule has 7 nitrogen and oxygen atoms in total. The molecule has 1 atom stereocenters. The number of nitrogens with zero attached hydrogens (tertiary/aromatic N) is 3. The summed E-state index contributed by atoms with van der Waals surface area (Å²) in [5.74, 6) is -0.534. The standard InChI is InChI=1S/C29H39FN4O3/c1-28(2,3)19-33-14-10-20(11-15-33)18-37-22-7-9-25(32-17-22)21-6-8-23(24(30)16-21)26(35)34-13-5-12-29(34,4)27(31)36/h6-9,16-17,20H,5,10-15,18-19H2,1-4H3,(H2,31,36)/t29-/m0/s1. The zero-order valence-corrected chi connectivity index (χ0v) is 22.4. The molecule has 2 saturated heterocycles. The lowest BCUT2D eigenvalue weighted by atomic mass is 9.92. The van der Waals surface area contributed by atoms with Crippen molar-refractivity contribution in [1.29, 1.82) is 0 Å². The van der Waals surface area contributed by atoms with Gasteiger partial charge in [-0.15, -0.1) is 0 Å². The van der Waals surface area contributed by atoms with Crippen molar-refractivity contribution in [3.05, 3.63) is 47.9 Å². The number of primary amides is 1. The molecule has 2 N–H and O–H groups in total. The van der Waals surface area contributed by atoms with Crippen LogP contribution >= 0.6 is 0 Å². The number of carbonyl (C=O) groups excluding carboxylic acids is 2. The summed E-state index contributed by atoms with van der Waals surface area (Å²) < 4.78 is 21.0. The van der Waals surface area contributed by atoms with E-state index in [1.807, 2.05) is 6.07 Å². The summed E-state index contributed by atoms with van der Waals surface area (Å²) in [5, 5.41) is 0.